The molecule has 0 radical (unpaired) electrons. The van der Waals surface area contributed by atoms with E-state index in [-0.39, 0.29) is 23.0 Å². The predicted octanol–water partition coefficient (Wildman–Crippen LogP) is 2.73. The predicted molar refractivity (Wildman–Crippen MR) is 74.8 cm³/mol. The van der Waals surface area contributed by atoms with Gasteiger partial charge in [0.15, 0.2) is 0 Å². The summed E-state index contributed by atoms with van der Waals surface area (Å²) in [5.41, 5.74) is 5.88. The van der Waals surface area contributed by atoms with E-state index in [1.807, 2.05) is 0 Å². The van der Waals surface area contributed by atoms with Crippen molar-refractivity contribution in [3.63, 3.8) is 0 Å². The Hall–Kier alpha value is -1.30. The first-order valence-corrected chi connectivity index (χ1v) is 8.16. The quantitative estimate of drug-likeness (QED) is 0.836. The van der Waals surface area contributed by atoms with Crippen molar-refractivity contribution in [2.75, 3.05) is 16.2 Å². The highest BCUT2D eigenvalue weighted by Crippen LogP contribution is 2.25. The smallest absolute Gasteiger partial charge is 0.232 e. The minimum Gasteiger partial charge on any atom is -0.399 e. The summed E-state index contributed by atoms with van der Waals surface area (Å²) in [6, 6.07) is 3.70. The van der Waals surface area contributed by atoms with Crippen LogP contribution in [-0.4, -0.2) is 14.2 Å². The van der Waals surface area contributed by atoms with Gasteiger partial charge in [-0.3, -0.25) is 4.72 Å². The maximum Gasteiger partial charge on any atom is 0.232 e. The van der Waals surface area contributed by atoms with Gasteiger partial charge in [-0.25, -0.2) is 12.8 Å². The van der Waals surface area contributed by atoms with Crippen LogP contribution in [0.1, 0.15) is 32.1 Å². The Kier molecular flexibility index (Phi) is 4.29. The molecule has 0 unspecified atom stereocenters. The second-order valence-corrected chi connectivity index (χ2v) is 6.93. The molecule has 106 valence electrons. The summed E-state index contributed by atoms with van der Waals surface area (Å²) in [7, 11) is -3.44. The minimum atomic E-state index is -3.44. The number of hydrogen-bond donors (Lipinski definition) is 2. The first-order chi connectivity index (χ1) is 8.94. The lowest BCUT2D eigenvalue weighted by atomic mass is 9.91. The highest BCUT2D eigenvalue weighted by molar-refractivity contribution is 7.92. The molecule has 0 saturated heterocycles. The summed E-state index contributed by atoms with van der Waals surface area (Å²) >= 11 is 0. The molecular formula is C13H19FN2O2S. The fourth-order valence-electron chi connectivity index (χ4n) is 2.56. The summed E-state index contributed by atoms with van der Waals surface area (Å²) in [4.78, 5) is 0. The molecule has 19 heavy (non-hydrogen) atoms. The second-order valence-electron chi connectivity index (χ2n) is 5.16. The van der Waals surface area contributed by atoms with Gasteiger partial charge in [0.25, 0.3) is 0 Å². The molecule has 0 bridgehead atoms. The van der Waals surface area contributed by atoms with Crippen LogP contribution < -0.4 is 10.5 Å². The SMILES string of the molecule is Nc1cc(F)cc(NS(=O)(=O)CC2CCCCC2)c1. The number of nitrogen functional groups attached to an aromatic ring is 1. The zero-order valence-electron chi connectivity index (χ0n) is 10.7. The topological polar surface area (TPSA) is 72.2 Å². The van der Waals surface area contributed by atoms with E-state index in [2.05, 4.69) is 4.72 Å². The summed E-state index contributed by atoms with van der Waals surface area (Å²) in [6.45, 7) is 0. The molecule has 1 aliphatic rings. The Balaban J connectivity index is 2.03. The van der Waals surface area contributed by atoms with Crippen molar-refractivity contribution >= 4 is 21.4 Å². The van der Waals surface area contributed by atoms with Crippen LogP contribution in [0.2, 0.25) is 0 Å². The van der Waals surface area contributed by atoms with E-state index in [1.165, 1.54) is 12.5 Å². The normalized spacial score (nSPS) is 17.3. The van der Waals surface area contributed by atoms with Crippen molar-refractivity contribution in [3.8, 4) is 0 Å². The molecule has 0 spiro atoms. The molecule has 3 N–H and O–H groups in total. The van der Waals surface area contributed by atoms with Gasteiger partial charge in [-0.2, -0.15) is 0 Å². The maximum absolute atomic E-state index is 13.1. The van der Waals surface area contributed by atoms with Gasteiger partial charge >= 0.3 is 0 Å². The molecule has 0 aromatic heterocycles. The second kappa shape index (κ2) is 5.77. The van der Waals surface area contributed by atoms with Crippen molar-refractivity contribution in [2.24, 2.45) is 5.92 Å². The largest absolute Gasteiger partial charge is 0.399 e. The molecular weight excluding hydrogens is 267 g/mol. The highest BCUT2D eigenvalue weighted by atomic mass is 32.2. The molecule has 4 nitrogen and oxygen atoms in total. The molecule has 1 fully saturated rings. The average Bonchev–Trinajstić information content (AvgIpc) is 2.27. The Bertz CT molecular complexity index is 519. The van der Waals surface area contributed by atoms with Gasteiger partial charge in [0.2, 0.25) is 10.0 Å². The van der Waals surface area contributed by atoms with E-state index in [0.717, 1.165) is 37.8 Å². The molecule has 0 atom stereocenters. The number of halogens is 1. The van der Waals surface area contributed by atoms with Crippen LogP contribution in [0.4, 0.5) is 15.8 Å². The van der Waals surface area contributed by atoms with Crippen LogP contribution in [0.25, 0.3) is 0 Å². The van der Waals surface area contributed by atoms with E-state index < -0.39 is 15.8 Å². The van der Waals surface area contributed by atoms with E-state index in [4.69, 9.17) is 5.73 Å². The van der Waals surface area contributed by atoms with Crippen molar-refractivity contribution in [1.82, 2.24) is 0 Å². The number of hydrogen-bond acceptors (Lipinski definition) is 3. The highest BCUT2D eigenvalue weighted by Gasteiger charge is 2.21. The van der Waals surface area contributed by atoms with Crippen LogP contribution in [0, 0.1) is 11.7 Å². The van der Waals surface area contributed by atoms with E-state index in [1.54, 1.807) is 0 Å². The summed E-state index contributed by atoms with van der Waals surface area (Å²) in [6.07, 6.45) is 5.27. The van der Waals surface area contributed by atoms with Crippen molar-refractivity contribution in [1.29, 1.82) is 0 Å². The summed E-state index contributed by atoms with van der Waals surface area (Å²) in [5.74, 6) is -0.240. The Morgan fingerprint density at radius 1 is 1.21 bits per heavy atom. The number of nitrogens with one attached hydrogen (secondary N) is 1. The van der Waals surface area contributed by atoms with Crippen molar-refractivity contribution in [2.45, 2.75) is 32.1 Å². The minimum absolute atomic E-state index is 0.101. The third kappa shape index (κ3) is 4.38. The number of rotatable bonds is 4. The fraction of sp³-hybridized carbons (Fsp3) is 0.538. The molecule has 6 heteroatoms. The molecule has 0 amide bonds. The van der Waals surface area contributed by atoms with Crippen LogP contribution in [0.15, 0.2) is 18.2 Å². The standard InChI is InChI=1S/C13H19FN2O2S/c14-11-6-12(15)8-13(7-11)16-19(17,18)9-10-4-2-1-3-5-10/h6-8,10,16H,1-5,9,15H2. The molecule has 1 aromatic carbocycles. The summed E-state index contributed by atoms with van der Waals surface area (Å²) in [5, 5.41) is 0. The van der Waals surface area contributed by atoms with Gasteiger partial charge in [-0.15, -0.1) is 0 Å². The monoisotopic (exact) mass is 286 g/mol. The van der Waals surface area contributed by atoms with Crippen LogP contribution in [0.5, 0.6) is 0 Å². The van der Waals surface area contributed by atoms with Crippen molar-refractivity contribution in [3.05, 3.63) is 24.0 Å². The Morgan fingerprint density at radius 3 is 2.53 bits per heavy atom. The molecule has 1 aliphatic carbocycles. The lowest BCUT2D eigenvalue weighted by Crippen LogP contribution is -2.24. The fourth-order valence-corrected chi connectivity index (χ4v) is 4.07. The average molecular weight is 286 g/mol. The lowest BCUT2D eigenvalue weighted by Gasteiger charge is -2.21. The maximum atomic E-state index is 13.1. The van der Waals surface area contributed by atoms with Crippen molar-refractivity contribution < 1.29 is 12.8 Å². The molecule has 2 rings (SSSR count). The van der Waals surface area contributed by atoms with Gasteiger partial charge in [-0.1, -0.05) is 19.3 Å². The Morgan fingerprint density at radius 2 is 1.89 bits per heavy atom. The van der Waals surface area contributed by atoms with Gasteiger partial charge in [0.05, 0.1) is 11.4 Å². The van der Waals surface area contributed by atoms with E-state index in [9.17, 15) is 12.8 Å². The number of benzene rings is 1. The third-order valence-electron chi connectivity index (χ3n) is 3.37. The molecule has 0 heterocycles. The van der Waals surface area contributed by atoms with Crippen LogP contribution in [-0.2, 0) is 10.0 Å². The van der Waals surface area contributed by atoms with Gasteiger partial charge in [0, 0.05) is 5.69 Å². The van der Waals surface area contributed by atoms with Crippen LogP contribution in [0.3, 0.4) is 0 Å². The van der Waals surface area contributed by atoms with Gasteiger partial charge in [0.1, 0.15) is 5.82 Å². The Labute approximate surface area is 113 Å². The van der Waals surface area contributed by atoms with E-state index in [0.29, 0.717) is 0 Å². The third-order valence-corrected chi connectivity index (χ3v) is 4.83. The lowest BCUT2D eigenvalue weighted by molar-refractivity contribution is 0.385. The number of nitrogens with two attached hydrogens (primary N) is 1. The molecule has 1 saturated carbocycles. The first-order valence-electron chi connectivity index (χ1n) is 6.51. The number of sulfonamides is 1. The zero-order valence-corrected chi connectivity index (χ0v) is 11.5. The van der Waals surface area contributed by atoms with E-state index >= 15 is 0 Å². The zero-order chi connectivity index (χ0) is 13.9. The van der Waals surface area contributed by atoms with Crippen LogP contribution >= 0.6 is 0 Å². The van der Waals surface area contributed by atoms with Gasteiger partial charge < -0.3 is 5.73 Å². The molecule has 1 aromatic rings. The molecule has 0 aliphatic heterocycles. The number of anilines is 2. The van der Waals surface area contributed by atoms with Gasteiger partial charge in [-0.05, 0) is 37.0 Å². The summed E-state index contributed by atoms with van der Waals surface area (Å²) < 4.78 is 39.6. The first kappa shape index (κ1) is 14.1.